The van der Waals surface area contributed by atoms with Crippen LogP contribution in [0.5, 0.6) is 0 Å². The Morgan fingerprint density at radius 1 is 1.05 bits per heavy atom. The Labute approximate surface area is 129 Å². The van der Waals surface area contributed by atoms with Gasteiger partial charge in [0.05, 0.1) is 11.4 Å². The Balaban J connectivity index is 2.19. The van der Waals surface area contributed by atoms with Crippen molar-refractivity contribution in [3.05, 3.63) is 70.8 Å². The SMILES string of the molecule is O=C(O)c1cc(-c2ccccc2)n(-c2ccc(Br)cc2)n1. The summed E-state index contributed by atoms with van der Waals surface area (Å²) in [5.74, 6) is -1.04. The van der Waals surface area contributed by atoms with Crippen molar-refractivity contribution in [2.45, 2.75) is 0 Å². The van der Waals surface area contributed by atoms with Crippen molar-refractivity contribution in [2.24, 2.45) is 0 Å². The van der Waals surface area contributed by atoms with Gasteiger partial charge in [0, 0.05) is 10.0 Å². The third-order valence-electron chi connectivity index (χ3n) is 3.07. The van der Waals surface area contributed by atoms with E-state index in [0.717, 1.165) is 21.4 Å². The van der Waals surface area contributed by atoms with Gasteiger partial charge in [-0.1, -0.05) is 46.3 Å². The molecular weight excluding hydrogens is 332 g/mol. The number of carbonyl (C=O) groups is 1. The van der Waals surface area contributed by atoms with Crippen molar-refractivity contribution in [1.82, 2.24) is 9.78 Å². The van der Waals surface area contributed by atoms with Crippen molar-refractivity contribution in [2.75, 3.05) is 0 Å². The molecule has 0 bridgehead atoms. The van der Waals surface area contributed by atoms with Crippen molar-refractivity contribution in [3.63, 3.8) is 0 Å². The van der Waals surface area contributed by atoms with Gasteiger partial charge in [-0.05, 0) is 30.3 Å². The second kappa shape index (κ2) is 5.54. The zero-order valence-corrected chi connectivity index (χ0v) is 12.5. The van der Waals surface area contributed by atoms with E-state index in [0.29, 0.717) is 0 Å². The molecule has 104 valence electrons. The summed E-state index contributed by atoms with van der Waals surface area (Å²) < 4.78 is 2.60. The van der Waals surface area contributed by atoms with Gasteiger partial charge in [-0.3, -0.25) is 0 Å². The lowest BCUT2D eigenvalue weighted by Crippen LogP contribution is -2.02. The molecular formula is C16H11BrN2O2. The van der Waals surface area contributed by atoms with Crippen LogP contribution in [0.2, 0.25) is 0 Å². The second-order valence-electron chi connectivity index (χ2n) is 4.47. The summed E-state index contributed by atoms with van der Waals surface area (Å²) in [7, 11) is 0. The summed E-state index contributed by atoms with van der Waals surface area (Å²) in [6.07, 6.45) is 0. The number of hydrogen-bond acceptors (Lipinski definition) is 2. The summed E-state index contributed by atoms with van der Waals surface area (Å²) in [6, 6.07) is 18.7. The number of benzene rings is 2. The molecule has 0 aliphatic rings. The van der Waals surface area contributed by atoms with Crippen molar-refractivity contribution in [1.29, 1.82) is 0 Å². The number of nitrogens with zero attached hydrogens (tertiary/aromatic N) is 2. The van der Waals surface area contributed by atoms with Crippen molar-refractivity contribution >= 4 is 21.9 Å². The molecule has 1 heterocycles. The zero-order valence-electron chi connectivity index (χ0n) is 10.9. The van der Waals surface area contributed by atoms with Crippen LogP contribution >= 0.6 is 15.9 Å². The maximum Gasteiger partial charge on any atom is 0.356 e. The van der Waals surface area contributed by atoms with Gasteiger partial charge < -0.3 is 5.11 Å². The molecule has 0 spiro atoms. The molecule has 4 nitrogen and oxygen atoms in total. The summed E-state index contributed by atoms with van der Waals surface area (Å²) in [5, 5.41) is 13.4. The van der Waals surface area contributed by atoms with Crippen LogP contribution in [0.1, 0.15) is 10.5 Å². The summed E-state index contributed by atoms with van der Waals surface area (Å²) in [6.45, 7) is 0. The maximum atomic E-state index is 11.2. The van der Waals surface area contributed by atoms with Crippen molar-refractivity contribution < 1.29 is 9.90 Å². The topological polar surface area (TPSA) is 55.1 Å². The first-order valence-corrected chi connectivity index (χ1v) is 7.09. The molecule has 0 radical (unpaired) electrons. The quantitative estimate of drug-likeness (QED) is 0.782. The van der Waals surface area contributed by atoms with Crippen molar-refractivity contribution in [3.8, 4) is 16.9 Å². The van der Waals surface area contributed by atoms with E-state index in [1.165, 1.54) is 0 Å². The molecule has 0 saturated carbocycles. The number of hydrogen-bond donors (Lipinski definition) is 1. The second-order valence-corrected chi connectivity index (χ2v) is 5.39. The zero-order chi connectivity index (χ0) is 14.8. The lowest BCUT2D eigenvalue weighted by molar-refractivity contribution is 0.0690. The molecule has 3 aromatic rings. The predicted octanol–water partition coefficient (Wildman–Crippen LogP) is 4.00. The largest absolute Gasteiger partial charge is 0.476 e. The first kappa shape index (κ1) is 13.6. The molecule has 1 N–H and O–H groups in total. The summed E-state index contributed by atoms with van der Waals surface area (Å²) >= 11 is 3.39. The van der Waals surface area contributed by atoms with E-state index in [1.54, 1.807) is 10.7 Å². The fourth-order valence-electron chi connectivity index (χ4n) is 2.08. The smallest absolute Gasteiger partial charge is 0.356 e. The normalized spacial score (nSPS) is 10.5. The highest BCUT2D eigenvalue weighted by molar-refractivity contribution is 9.10. The highest BCUT2D eigenvalue weighted by atomic mass is 79.9. The van der Waals surface area contributed by atoms with Gasteiger partial charge in [0.15, 0.2) is 5.69 Å². The fourth-order valence-corrected chi connectivity index (χ4v) is 2.34. The number of carboxylic acid groups (broad SMARTS) is 1. The average molecular weight is 343 g/mol. The number of halogens is 1. The third kappa shape index (κ3) is 2.73. The van der Waals surface area contributed by atoms with E-state index in [4.69, 9.17) is 0 Å². The van der Waals surface area contributed by atoms with Gasteiger partial charge in [-0.15, -0.1) is 0 Å². The van der Waals surface area contributed by atoms with E-state index in [2.05, 4.69) is 21.0 Å². The van der Waals surface area contributed by atoms with Gasteiger partial charge >= 0.3 is 5.97 Å². The molecule has 0 amide bonds. The Kier molecular flexibility index (Phi) is 3.58. The highest BCUT2D eigenvalue weighted by Gasteiger charge is 2.15. The van der Waals surface area contributed by atoms with Crippen LogP contribution in [0.25, 0.3) is 16.9 Å². The maximum absolute atomic E-state index is 11.2. The van der Waals surface area contributed by atoms with Crippen LogP contribution in [0.15, 0.2) is 65.1 Å². The van der Waals surface area contributed by atoms with E-state index in [1.807, 2.05) is 54.6 Å². The summed E-state index contributed by atoms with van der Waals surface area (Å²) in [4.78, 5) is 11.2. The van der Waals surface area contributed by atoms with Gasteiger partial charge in [0.25, 0.3) is 0 Å². The minimum absolute atomic E-state index is 0.0248. The van der Waals surface area contributed by atoms with Gasteiger partial charge in [0.2, 0.25) is 0 Å². The standard InChI is InChI=1S/C16H11BrN2O2/c17-12-6-8-13(9-7-12)19-15(10-14(18-19)16(20)21)11-4-2-1-3-5-11/h1-10H,(H,20,21). The molecule has 0 saturated heterocycles. The Morgan fingerprint density at radius 3 is 2.33 bits per heavy atom. The molecule has 3 rings (SSSR count). The van der Waals surface area contributed by atoms with E-state index in [-0.39, 0.29) is 5.69 Å². The lowest BCUT2D eigenvalue weighted by atomic mass is 10.1. The highest BCUT2D eigenvalue weighted by Crippen LogP contribution is 2.24. The number of aromatic carboxylic acids is 1. The van der Waals surface area contributed by atoms with Crippen LogP contribution in [-0.4, -0.2) is 20.9 Å². The molecule has 0 unspecified atom stereocenters. The molecule has 5 heteroatoms. The minimum Gasteiger partial charge on any atom is -0.476 e. The van der Waals surface area contributed by atoms with Crippen LogP contribution in [0.3, 0.4) is 0 Å². The minimum atomic E-state index is -1.04. The van der Waals surface area contributed by atoms with Crippen LogP contribution in [0.4, 0.5) is 0 Å². The average Bonchev–Trinajstić information content (AvgIpc) is 2.94. The molecule has 21 heavy (non-hydrogen) atoms. The molecule has 1 aromatic heterocycles. The molecule has 0 fully saturated rings. The van der Waals surface area contributed by atoms with Crippen LogP contribution in [-0.2, 0) is 0 Å². The monoisotopic (exact) mass is 342 g/mol. The first-order chi connectivity index (χ1) is 10.1. The molecule has 2 aromatic carbocycles. The molecule has 0 aliphatic carbocycles. The number of aromatic nitrogens is 2. The predicted molar refractivity (Wildman–Crippen MR) is 83.7 cm³/mol. The van der Waals surface area contributed by atoms with E-state index >= 15 is 0 Å². The molecule has 0 aliphatic heterocycles. The van der Waals surface area contributed by atoms with Crippen LogP contribution in [0, 0.1) is 0 Å². The summed E-state index contributed by atoms with van der Waals surface area (Å²) in [5.41, 5.74) is 2.50. The molecule has 0 atom stereocenters. The number of carboxylic acids is 1. The van der Waals surface area contributed by atoms with Crippen LogP contribution < -0.4 is 0 Å². The van der Waals surface area contributed by atoms with E-state index < -0.39 is 5.97 Å². The van der Waals surface area contributed by atoms with Gasteiger partial charge in [0.1, 0.15) is 0 Å². The van der Waals surface area contributed by atoms with E-state index in [9.17, 15) is 9.90 Å². The van der Waals surface area contributed by atoms with Gasteiger partial charge in [-0.25, -0.2) is 9.48 Å². The Bertz CT molecular complexity index is 780. The Hall–Kier alpha value is -2.40. The lowest BCUT2D eigenvalue weighted by Gasteiger charge is -2.07. The number of rotatable bonds is 3. The Morgan fingerprint density at radius 2 is 1.71 bits per heavy atom. The first-order valence-electron chi connectivity index (χ1n) is 6.30. The third-order valence-corrected chi connectivity index (χ3v) is 3.60. The van der Waals surface area contributed by atoms with Gasteiger partial charge in [-0.2, -0.15) is 5.10 Å². The fraction of sp³-hybridized carbons (Fsp3) is 0.